The summed E-state index contributed by atoms with van der Waals surface area (Å²) >= 11 is 0. The van der Waals surface area contributed by atoms with Crippen LogP contribution in [0.2, 0.25) is 0 Å². The van der Waals surface area contributed by atoms with Crippen LogP contribution in [0.15, 0.2) is 0 Å². The molecule has 6 nitrogen and oxygen atoms in total. The van der Waals surface area contributed by atoms with Gasteiger partial charge in [0.05, 0.1) is 0 Å². The fourth-order valence-electron chi connectivity index (χ4n) is 1.66. The Kier molecular flexibility index (Phi) is 4.95. The second kappa shape index (κ2) is 6.04. The molecule has 1 aliphatic rings. The van der Waals surface area contributed by atoms with Gasteiger partial charge in [-0.15, -0.1) is 0 Å². The SMILES string of the molecule is COCC(=O)N1CC(CNC(=O)OC(C)(C)C)C1. The quantitative estimate of drug-likeness (QED) is 0.802. The van der Waals surface area contributed by atoms with E-state index in [-0.39, 0.29) is 12.5 Å². The molecule has 104 valence electrons. The molecule has 0 radical (unpaired) electrons. The van der Waals surface area contributed by atoms with E-state index in [1.165, 1.54) is 7.11 Å². The Balaban J connectivity index is 2.13. The number of ether oxygens (including phenoxy) is 2. The number of hydrogen-bond acceptors (Lipinski definition) is 4. The Hall–Kier alpha value is -1.30. The molecule has 1 rings (SSSR count). The van der Waals surface area contributed by atoms with Crippen LogP contribution in [0, 0.1) is 5.92 Å². The molecule has 1 N–H and O–H groups in total. The van der Waals surface area contributed by atoms with E-state index in [1.807, 2.05) is 20.8 Å². The molecule has 18 heavy (non-hydrogen) atoms. The van der Waals surface area contributed by atoms with Crippen molar-refractivity contribution in [3.05, 3.63) is 0 Å². The van der Waals surface area contributed by atoms with Crippen LogP contribution < -0.4 is 5.32 Å². The highest BCUT2D eigenvalue weighted by atomic mass is 16.6. The van der Waals surface area contributed by atoms with Crippen molar-refractivity contribution in [2.75, 3.05) is 33.4 Å². The van der Waals surface area contributed by atoms with Crippen molar-refractivity contribution in [2.45, 2.75) is 26.4 Å². The third-order valence-electron chi connectivity index (χ3n) is 2.51. The second-order valence-electron chi connectivity index (χ2n) is 5.48. The summed E-state index contributed by atoms with van der Waals surface area (Å²) in [5, 5.41) is 2.70. The number of amides is 2. The van der Waals surface area contributed by atoms with Crippen LogP contribution in [0.3, 0.4) is 0 Å². The molecule has 0 unspecified atom stereocenters. The van der Waals surface area contributed by atoms with Gasteiger partial charge in [0.25, 0.3) is 0 Å². The number of hydrogen-bond donors (Lipinski definition) is 1. The maximum Gasteiger partial charge on any atom is 0.407 e. The maximum absolute atomic E-state index is 11.4. The van der Waals surface area contributed by atoms with Crippen molar-refractivity contribution in [3.8, 4) is 0 Å². The minimum absolute atomic E-state index is 0.00832. The molecule has 6 heteroatoms. The average molecular weight is 258 g/mol. The second-order valence-corrected chi connectivity index (χ2v) is 5.48. The molecule has 0 atom stereocenters. The fourth-order valence-corrected chi connectivity index (χ4v) is 1.66. The Morgan fingerprint density at radius 3 is 2.44 bits per heavy atom. The first-order chi connectivity index (χ1) is 8.31. The van der Waals surface area contributed by atoms with Crippen LogP contribution in [0.25, 0.3) is 0 Å². The first kappa shape index (κ1) is 14.8. The van der Waals surface area contributed by atoms with Gasteiger partial charge in [-0.3, -0.25) is 4.79 Å². The lowest BCUT2D eigenvalue weighted by Gasteiger charge is -2.39. The highest BCUT2D eigenvalue weighted by Gasteiger charge is 2.30. The van der Waals surface area contributed by atoms with Crippen molar-refractivity contribution in [2.24, 2.45) is 5.92 Å². The minimum atomic E-state index is -0.482. The van der Waals surface area contributed by atoms with Gasteiger partial charge in [-0.2, -0.15) is 0 Å². The number of rotatable bonds is 4. The van der Waals surface area contributed by atoms with E-state index in [9.17, 15) is 9.59 Å². The zero-order valence-electron chi connectivity index (χ0n) is 11.5. The zero-order valence-corrected chi connectivity index (χ0v) is 11.5. The lowest BCUT2D eigenvalue weighted by molar-refractivity contribution is -0.141. The number of carbonyl (C=O) groups excluding carboxylic acids is 2. The number of nitrogens with one attached hydrogen (secondary N) is 1. The van der Waals surface area contributed by atoms with E-state index in [1.54, 1.807) is 4.90 Å². The third-order valence-corrected chi connectivity index (χ3v) is 2.51. The van der Waals surface area contributed by atoms with Crippen molar-refractivity contribution in [3.63, 3.8) is 0 Å². The normalized spacial score (nSPS) is 16.1. The summed E-state index contributed by atoms with van der Waals surface area (Å²) in [6, 6.07) is 0. The van der Waals surface area contributed by atoms with Gasteiger partial charge in [-0.25, -0.2) is 4.79 Å². The Bertz CT molecular complexity index is 306. The predicted molar refractivity (Wildman–Crippen MR) is 66.2 cm³/mol. The molecule has 0 aromatic heterocycles. The predicted octanol–water partition coefficient (Wildman–Crippen LogP) is 0.616. The molecule has 0 aliphatic carbocycles. The zero-order chi connectivity index (χ0) is 13.8. The summed E-state index contributed by atoms with van der Waals surface area (Å²) in [5.41, 5.74) is -0.482. The standard InChI is InChI=1S/C12H22N2O4/c1-12(2,3)18-11(16)13-5-9-6-14(7-9)10(15)8-17-4/h9H,5-8H2,1-4H3,(H,13,16). The highest BCUT2D eigenvalue weighted by Crippen LogP contribution is 2.15. The molecule has 0 aromatic carbocycles. The monoisotopic (exact) mass is 258 g/mol. The number of likely N-dealkylation sites (tertiary alicyclic amines) is 1. The van der Waals surface area contributed by atoms with Gasteiger partial charge >= 0.3 is 6.09 Å². The number of alkyl carbamates (subject to hydrolysis) is 1. The van der Waals surface area contributed by atoms with Crippen LogP contribution in [0.4, 0.5) is 4.79 Å². The smallest absolute Gasteiger partial charge is 0.407 e. The molecule has 0 saturated carbocycles. The molecule has 1 saturated heterocycles. The molecule has 2 amide bonds. The van der Waals surface area contributed by atoms with E-state index in [0.29, 0.717) is 25.6 Å². The first-order valence-corrected chi connectivity index (χ1v) is 6.05. The lowest BCUT2D eigenvalue weighted by Crippen LogP contribution is -2.54. The Morgan fingerprint density at radius 2 is 1.94 bits per heavy atom. The molecule has 0 bridgehead atoms. The summed E-state index contributed by atoms with van der Waals surface area (Å²) in [6.07, 6.45) is -0.413. The van der Waals surface area contributed by atoms with Crippen LogP contribution in [-0.2, 0) is 14.3 Å². The van der Waals surface area contributed by atoms with Crippen molar-refractivity contribution >= 4 is 12.0 Å². The van der Waals surface area contributed by atoms with Gasteiger partial charge in [0.2, 0.25) is 5.91 Å². The van der Waals surface area contributed by atoms with E-state index >= 15 is 0 Å². The van der Waals surface area contributed by atoms with Crippen molar-refractivity contribution in [1.29, 1.82) is 0 Å². The highest BCUT2D eigenvalue weighted by molar-refractivity contribution is 5.78. The maximum atomic E-state index is 11.4. The molecular weight excluding hydrogens is 236 g/mol. The van der Waals surface area contributed by atoms with Crippen LogP contribution >= 0.6 is 0 Å². The van der Waals surface area contributed by atoms with Gasteiger partial charge in [0.15, 0.2) is 0 Å². The number of methoxy groups -OCH3 is 1. The summed E-state index contributed by atoms with van der Waals surface area (Å²) in [4.78, 5) is 24.5. The van der Waals surface area contributed by atoms with Gasteiger partial charge in [0.1, 0.15) is 12.2 Å². The fraction of sp³-hybridized carbons (Fsp3) is 0.833. The van der Waals surface area contributed by atoms with E-state index in [2.05, 4.69) is 5.32 Å². The summed E-state index contributed by atoms with van der Waals surface area (Å²) in [7, 11) is 1.50. The molecule has 1 aliphatic heterocycles. The van der Waals surface area contributed by atoms with E-state index in [0.717, 1.165) is 0 Å². The molecule has 0 spiro atoms. The van der Waals surface area contributed by atoms with Crippen LogP contribution in [0.5, 0.6) is 0 Å². The van der Waals surface area contributed by atoms with Gasteiger partial charge in [0, 0.05) is 32.7 Å². The lowest BCUT2D eigenvalue weighted by atomic mass is 10.0. The Labute approximate surface area is 108 Å². The summed E-state index contributed by atoms with van der Waals surface area (Å²) < 4.78 is 9.89. The van der Waals surface area contributed by atoms with Gasteiger partial charge in [-0.1, -0.05) is 0 Å². The van der Waals surface area contributed by atoms with Gasteiger partial charge < -0.3 is 19.7 Å². The number of carbonyl (C=O) groups is 2. The van der Waals surface area contributed by atoms with Crippen LogP contribution in [-0.4, -0.2) is 55.9 Å². The minimum Gasteiger partial charge on any atom is -0.444 e. The van der Waals surface area contributed by atoms with E-state index in [4.69, 9.17) is 9.47 Å². The third kappa shape index (κ3) is 4.91. The largest absolute Gasteiger partial charge is 0.444 e. The molecule has 0 aromatic rings. The summed E-state index contributed by atoms with van der Waals surface area (Å²) in [6.45, 7) is 7.44. The van der Waals surface area contributed by atoms with Crippen LogP contribution in [0.1, 0.15) is 20.8 Å². The van der Waals surface area contributed by atoms with Crippen molar-refractivity contribution < 1.29 is 19.1 Å². The summed E-state index contributed by atoms with van der Waals surface area (Å²) in [5.74, 6) is 0.296. The van der Waals surface area contributed by atoms with Gasteiger partial charge in [-0.05, 0) is 20.8 Å². The Morgan fingerprint density at radius 1 is 1.33 bits per heavy atom. The van der Waals surface area contributed by atoms with E-state index < -0.39 is 11.7 Å². The van der Waals surface area contributed by atoms with Crippen molar-refractivity contribution in [1.82, 2.24) is 10.2 Å². The molecule has 1 heterocycles. The number of nitrogens with zero attached hydrogens (tertiary/aromatic N) is 1. The topological polar surface area (TPSA) is 67.9 Å². The molecular formula is C12H22N2O4. The molecule has 1 fully saturated rings. The average Bonchev–Trinajstić information content (AvgIpc) is 2.12. The first-order valence-electron chi connectivity index (χ1n) is 6.05.